The summed E-state index contributed by atoms with van der Waals surface area (Å²) >= 11 is 13.3. The SMILES string of the molecule is CS(=O)(=O)OCCC1(CCOS(C)(=O)=O)CC(Cl)=C(Cl)S1. The van der Waals surface area contributed by atoms with E-state index in [0.717, 1.165) is 12.5 Å². The van der Waals surface area contributed by atoms with Crippen LogP contribution in [0.2, 0.25) is 0 Å². The molecule has 0 saturated carbocycles. The van der Waals surface area contributed by atoms with E-state index < -0.39 is 25.0 Å². The fraction of sp³-hybridized carbons (Fsp3) is 0.800. The predicted molar refractivity (Wildman–Crippen MR) is 84.5 cm³/mol. The zero-order valence-corrected chi connectivity index (χ0v) is 15.4. The highest BCUT2D eigenvalue weighted by Gasteiger charge is 2.39. The molecule has 0 aliphatic carbocycles. The van der Waals surface area contributed by atoms with Gasteiger partial charge in [0.15, 0.2) is 0 Å². The van der Waals surface area contributed by atoms with Gasteiger partial charge in [-0.25, -0.2) is 0 Å². The number of rotatable bonds is 8. The molecule has 1 heterocycles. The van der Waals surface area contributed by atoms with Crippen LogP contribution in [0.3, 0.4) is 0 Å². The van der Waals surface area contributed by atoms with Gasteiger partial charge in [0.2, 0.25) is 0 Å². The molecule has 1 rings (SSSR count). The summed E-state index contributed by atoms with van der Waals surface area (Å²) in [4.78, 5) is 0. The van der Waals surface area contributed by atoms with Crippen LogP contribution in [0, 0.1) is 0 Å². The molecule has 0 aromatic carbocycles. The summed E-state index contributed by atoms with van der Waals surface area (Å²) in [5, 5.41) is 0.473. The van der Waals surface area contributed by atoms with Crippen molar-refractivity contribution >= 4 is 55.2 Å². The Morgan fingerprint density at radius 1 is 1.05 bits per heavy atom. The molecule has 0 aromatic rings. The first-order valence-corrected chi connectivity index (χ1v) is 11.0. The third kappa shape index (κ3) is 7.54. The van der Waals surface area contributed by atoms with Crippen LogP contribution < -0.4 is 0 Å². The first-order valence-electron chi connectivity index (χ1n) is 5.84. The third-order valence-electron chi connectivity index (χ3n) is 2.71. The molecule has 0 unspecified atom stereocenters. The molecular formula is C10H16Cl2O6S3. The molecular weight excluding hydrogens is 383 g/mol. The predicted octanol–water partition coefficient (Wildman–Crippen LogP) is 2.24. The number of halogens is 2. The lowest BCUT2D eigenvalue weighted by Gasteiger charge is -2.27. The highest BCUT2D eigenvalue weighted by Crippen LogP contribution is 2.53. The minimum Gasteiger partial charge on any atom is -0.270 e. The van der Waals surface area contributed by atoms with E-state index in [0.29, 0.717) is 28.7 Å². The first kappa shape index (κ1) is 19.5. The smallest absolute Gasteiger partial charge is 0.264 e. The van der Waals surface area contributed by atoms with Crippen molar-refractivity contribution < 1.29 is 25.2 Å². The average molecular weight is 399 g/mol. The van der Waals surface area contributed by atoms with E-state index in [9.17, 15) is 16.8 Å². The first-order chi connectivity index (χ1) is 9.43. The van der Waals surface area contributed by atoms with E-state index in [-0.39, 0.29) is 13.2 Å². The molecule has 0 atom stereocenters. The number of hydrogen-bond donors (Lipinski definition) is 0. The van der Waals surface area contributed by atoms with Crippen molar-refractivity contribution in [1.82, 2.24) is 0 Å². The van der Waals surface area contributed by atoms with Crippen LogP contribution in [0.4, 0.5) is 0 Å². The Morgan fingerprint density at radius 2 is 1.48 bits per heavy atom. The van der Waals surface area contributed by atoms with Crippen LogP contribution >= 0.6 is 35.0 Å². The van der Waals surface area contributed by atoms with Crippen molar-refractivity contribution in [3.8, 4) is 0 Å². The molecule has 0 fully saturated rings. The molecule has 0 amide bonds. The van der Waals surface area contributed by atoms with Gasteiger partial charge in [0.25, 0.3) is 20.2 Å². The average Bonchev–Trinajstić information content (AvgIpc) is 2.50. The quantitative estimate of drug-likeness (QED) is 0.579. The van der Waals surface area contributed by atoms with Gasteiger partial charge in [-0.1, -0.05) is 23.2 Å². The summed E-state index contributed by atoms with van der Waals surface area (Å²) in [6.45, 7) is -0.0574. The van der Waals surface area contributed by atoms with Crippen LogP contribution in [0.25, 0.3) is 0 Å². The maximum Gasteiger partial charge on any atom is 0.264 e. The van der Waals surface area contributed by atoms with Crippen LogP contribution in [-0.4, -0.2) is 47.3 Å². The zero-order valence-electron chi connectivity index (χ0n) is 11.5. The van der Waals surface area contributed by atoms with Gasteiger partial charge in [-0.3, -0.25) is 8.37 Å². The molecule has 0 saturated heterocycles. The Hall–Kier alpha value is 0.490. The van der Waals surface area contributed by atoms with Gasteiger partial charge in [-0.05, 0) is 12.8 Å². The van der Waals surface area contributed by atoms with Gasteiger partial charge in [-0.15, -0.1) is 11.8 Å². The van der Waals surface area contributed by atoms with Gasteiger partial charge in [0.1, 0.15) is 0 Å². The standard InChI is InChI=1S/C10H16Cl2O6S3/c1-20(13,14)17-5-3-10(4-6-18-21(2,15)16)7-8(11)9(12)19-10/h3-7H2,1-2H3. The molecule has 6 nitrogen and oxygen atoms in total. The normalized spacial score (nSPS) is 19.2. The lowest BCUT2D eigenvalue weighted by atomic mass is 9.97. The summed E-state index contributed by atoms with van der Waals surface area (Å²) in [6, 6.07) is 0. The molecule has 1 aliphatic rings. The van der Waals surface area contributed by atoms with Gasteiger partial charge >= 0.3 is 0 Å². The minimum atomic E-state index is -3.53. The van der Waals surface area contributed by atoms with Crippen molar-refractivity contribution in [2.75, 3.05) is 25.7 Å². The summed E-state index contributed by atoms with van der Waals surface area (Å²) in [7, 11) is -7.06. The van der Waals surface area contributed by atoms with E-state index in [2.05, 4.69) is 0 Å². The molecule has 0 N–H and O–H groups in total. The second kappa shape index (κ2) is 7.37. The van der Waals surface area contributed by atoms with Gasteiger partial charge in [-0.2, -0.15) is 16.8 Å². The van der Waals surface area contributed by atoms with Crippen LogP contribution in [0.5, 0.6) is 0 Å². The molecule has 0 radical (unpaired) electrons. The summed E-state index contributed by atoms with van der Waals surface area (Å²) in [5.74, 6) is 0. The highest BCUT2D eigenvalue weighted by atomic mass is 35.5. The van der Waals surface area contributed by atoms with Crippen molar-refractivity contribution in [3.63, 3.8) is 0 Å². The van der Waals surface area contributed by atoms with Crippen molar-refractivity contribution in [2.45, 2.75) is 24.0 Å². The lowest BCUT2D eigenvalue weighted by Crippen LogP contribution is -2.27. The molecule has 124 valence electrons. The Labute approximate surface area is 139 Å². The Balaban J connectivity index is 2.65. The van der Waals surface area contributed by atoms with E-state index in [4.69, 9.17) is 31.6 Å². The third-order valence-corrected chi connectivity index (χ3v) is 6.30. The van der Waals surface area contributed by atoms with E-state index in [1.165, 1.54) is 11.8 Å². The second-order valence-electron chi connectivity index (χ2n) is 4.69. The zero-order chi connectivity index (χ0) is 16.3. The Kier molecular flexibility index (Phi) is 6.86. The Morgan fingerprint density at radius 3 is 1.76 bits per heavy atom. The van der Waals surface area contributed by atoms with Crippen LogP contribution in [-0.2, 0) is 28.6 Å². The van der Waals surface area contributed by atoms with Crippen molar-refractivity contribution in [2.24, 2.45) is 0 Å². The summed E-state index contributed by atoms with van der Waals surface area (Å²) < 4.78 is 53.3. The number of allylic oxidation sites excluding steroid dienone is 1. The van der Waals surface area contributed by atoms with E-state index in [1.54, 1.807) is 0 Å². The van der Waals surface area contributed by atoms with Crippen molar-refractivity contribution in [3.05, 3.63) is 9.40 Å². The van der Waals surface area contributed by atoms with Crippen molar-refractivity contribution in [1.29, 1.82) is 0 Å². The second-order valence-corrected chi connectivity index (χ2v) is 10.5. The van der Waals surface area contributed by atoms with Gasteiger partial charge < -0.3 is 0 Å². The van der Waals surface area contributed by atoms with Gasteiger partial charge in [0, 0.05) is 16.2 Å². The van der Waals surface area contributed by atoms with E-state index >= 15 is 0 Å². The van der Waals surface area contributed by atoms with Crippen LogP contribution in [0.15, 0.2) is 9.40 Å². The number of hydrogen-bond acceptors (Lipinski definition) is 7. The summed E-state index contributed by atoms with van der Waals surface area (Å²) in [6.07, 6.45) is 3.05. The molecule has 1 aliphatic heterocycles. The monoisotopic (exact) mass is 398 g/mol. The lowest BCUT2D eigenvalue weighted by molar-refractivity contribution is 0.260. The topological polar surface area (TPSA) is 86.7 Å². The number of thioether (sulfide) groups is 1. The molecule has 21 heavy (non-hydrogen) atoms. The maximum atomic E-state index is 11.0. The molecule has 0 spiro atoms. The fourth-order valence-corrected chi connectivity index (χ4v) is 4.73. The fourth-order valence-electron chi connectivity index (χ4n) is 1.80. The molecule has 0 aromatic heterocycles. The van der Waals surface area contributed by atoms with E-state index in [1.807, 2.05) is 0 Å². The highest BCUT2D eigenvalue weighted by molar-refractivity contribution is 8.06. The maximum absolute atomic E-state index is 11.0. The summed E-state index contributed by atoms with van der Waals surface area (Å²) in [5.41, 5.74) is 0. The molecule has 0 bridgehead atoms. The molecule has 11 heteroatoms. The van der Waals surface area contributed by atoms with Gasteiger partial charge in [0.05, 0.1) is 30.1 Å². The largest absolute Gasteiger partial charge is 0.270 e. The Bertz CT molecular complexity index is 557. The minimum absolute atomic E-state index is 0.0287. The van der Waals surface area contributed by atoms with Crippen LogP contribution in [0.1, 0.15) is 19.3 Å².